The Hall–Kier alpha value is -1.66. The van der Waals surface area contributed by atoms with Gasteiger partial charge in [0.2, 0.25) is 5.91 Å². The molecule has 1 aliphatic rings. The molecule has 19 heavy (non-hydrogen) atoms. The van der Waals surface area contributed by atoms with Crippen molar-refractivity contribution in [2.75, 3.05) is 11.9 Å². The van der Waals surface area contributed by atoms with Crippen LogP contribution in [0.2, 0.25) is 5.02 Å². The molecular weight excluding hydrogens is 270 g/mol. The van der Waals surface area contributed by atoms with Gasteiger partial charge in [-0.1, -0.05) is 18.0 Å². The molecule has 1 heterocycles. The maximum atomic E-state index is 12.0. The average Bonchev–Trinajstić information content (AvgIpc) is 2.42. The van der Waals surface area contributed by atoms with E-state index in [0.29, 0.717) is 0 Å². The van der Waals surface area contributed by atoms with Crippen LogP contribution < -0.4 is 10.6 Å². The summed E-state index contributed by atoms with van der Waals surface area (Å²) in [5.74, 6) is -0.206. The van der Waals surface area contributed by atoms with Crippen LogP contribution in [0.15, 0.2) is 18.2 Å². The molecule has 1 fully saturated rings. The summed E-state index contributed by atoms with van der Waals surface area (Å²) < 4.78 is 0. The number of nitrogens with one attached hydrogen (secondary N) is 2. The summed E-state index contributed by atoms with van der Waals surface area (Å²) in [6.45, 7) is 0.806. The highest BCUT2D eigenvalue weighted by Crippen LogP contribution is 2.27. The van der Waals surface area contributed by atoms with Crippen molar-refractivity contribution < 1.29 is 9.72 Å². The Labute approximate surface area is 115 Å². The molecule has 0 saturated carbocycles. The molecule has 6 nitrogen and oxygen atoms in total. The van der Waals surface area contributed by atoms with E-state index < -0.39 is 4.92 Å². The van der Waals surface area contributed by atoms with Gasteiger partial charge in [0.05, 0.1) is 21.7 Å². The summed E-state index contributed by atoms with van der Waals surface area (Å²) in [6, 6.07) is 3.72. The fourth-order valence-electron chi connectivity index (χ4n) is 2.02. The zero-order chi connectivity index (χ0) is 13.8. The van der Waals surface area contributed by atoms with Crippen LogP contribution in [0.5, 0.6) is 0 Å². The lowest BCUT2D eigenvalue weighted by atomic mass is 10.0. The number of nitro benzene ring substituents is 1. The van der Waals surface area contributed by atoms with Crippen molar-refractivity contribution in [3.63, 3.8) is 0 Å². The number of halogens is 1. The molecule has 0 aromatic heterocycles. The summed E-state index contributed by atoms with van der Waals surface area (Å²) in [6.07, 6.45) is 2.81. The molecule has 1 atom stereocenters. The highest BCUT2D eigenvalue weighted by molar-refractivity contribution is 6.33. The smallest absolute Gasteiger partial charge is 0.271 e. The Balaban J connectivity index is 2.11. The molecule has 0 unspecified atom stereocenters. The minimum atomic E-state index is -0.523. The van der Waals surface area contributed by atoms with Gasteiger partial charge in [0, 0.05) is 12.1 Å². The number of anilines is 1. The zero-order valence-corrected chi connectivity index (χ0v) is 10.9. The third-order valence-corrected chi connectivity index (χ3v) is 3.38. The van der Waals surface area contributed by atoms with Gasteiger partial charge in [-0.2, -0.15) is 0 Å². The number of rotatable bonds is 3. The van der Waals surface area contributed by atoms with Gasteiger partial charge in [-0.15, -0.1) is 0 Å². The topological polar surface area (TPSA) is 84.3 Å². The van der Waals surface area contributed by atoms with Gasteiger partial charge in [0.25, 0.3) is 5.69 Å². The van der Waals surface area contributed by atoms with Crippen molar-refractivity contribution in [3.8, 4) is 0 Å². The van der Waals surface area contributed by atoms with Crippen LogP contribution in [0.3, 0.4) is 0 Å². The quantitative estimate of drug-likeness (QED) is 0.659. The van der Waals surface area contributed by atoms with E-state index in [9.17, 15) is 14.9 Å². The Bertz CT molecular complexity index is 501. The van der Waals surface area contributed by atoms with Gasteiger partial charge >= 0.3 is 0 Å². The molecule has 7 heteroatoms. The molecule has 1 aliphatic heterocycles. The first-order valence-corrected chi connectivity index (χ1v) is 6.44. The molecule has 0 aliphatic carbocycles. The van der Waals surface area contributed by atoms with Crippen LogP contribution in [-0.2, 0) is 4.79 Å². The molecule has 1 aromatic rings. The standard InChI is InChI=1S/C12H14ClN3O3/c13-9-5-4-8(16(18)19)7-11(9)15-12(17)10-3-1-2-6-14-10/h4-5,7,10,14H,1-3,6H2,(H,15,17)/t10-/m1/s1. The maximum absolute atomic E-state index is 12.0. The summed E-state index contributed by atoms with van der Waals surface area (Å²) in [5, 5.41) is 16.7. The highest BCUT2D eigenvalue weighted by atomic mass is 35.5. The number of piperidine rings is 1. The van der Waals surface area contributed by atoms with Crippen molar-refractivity contribution in [1.82, 2.24) is 5.32 Å². The van der Waals surface area contributed by atoms with E-state index in [-0.39, 0.29) is 28.3 Å². The van der Waals surface area contributed by atoms with Crippen LogP contribution >= 0.6 is 11.6 Å². The van der Waals surface area contributed by atoms with Crippen molar-refractivity contribution in [2.45, 2.75) is 25.3 Å². The lowest BCUT2D eigenvalue weighted by Gasteiger charge is -2.22. The van der Waals surface area contributed by atoms with Gasteiger partial charge < -0.3 is 10.6 Å². The number of benzene rings is 1. The molecule has 1 amide bonds. The molecule has 1 saturated heterocycles. The first-order chi connectivity index (χ1) is 9.08. The second-order valence-corrected chi connectivity index (χ2v) is 4.82. The zero-order valence-electron chi connectivity index (χ0n) is 10.2. The number of amides is 1. The van der Waals surface area contributed by atoms with E-state index in [1.165, 1.54) is 18.2 Å². The predicted octanol–water partition coefficient (Wildman–Crippen LogP) is 2.33. The fourth-order valence-corrected chi connectivity index (χ4v) is 2.18. The minimum absolute atomic E-state index is 0.101. The third-order valence-electron chi connectivity index (χ3n) is 3.05. The Kier molecular flexibility index (Phi) is 4.34. The maximum Gasteiger partial charge on any atom is 0.271 e. The van der Waals surface area contributed by atoms with Gasteiger partial charge in [-0.25, -0.2) is 0 Å². The summed E-state index contributed by atoms with van der Waals surface area (Å²) >= 11 is 5.93. The summed E-state index contributed by atoms with van der Waals surface area (Å²) in [5.41, 5.74) is 0.171. The van der Waals surface area contributed by atoms with E-state index in [1.54, 1.807) is 0 Å². The van der Waals surface area contributed by atoms with E-state index in [4.69, 9.17) is 11.6 Å². The SMILES string of the molecule is O=C(Nc1cc([N+](=O)[O-])ccc1Cl)[C@H]1CCCCN1. The predicted molar refractivity (Wildman–Crippen MR) is 72.4 cm³/mol. The van der Waals surface area contributed by atoms with Gasteiger partial charge in [0.1, 0.15) is 0 Å². The number of nitro groups is 1. The minimum Gasteiger partial charge on any atom is -0.323 e. The Morgan fingerprint density at radius 1 is 1.47 bits per heavy atom. The molecule has 102 valence electrons. The average molecular weight is 284 g/mol. The highest BCUT2D eigenvalue weighted by Gasteiger charge is 2.21. The van der Waals surface area contributed by atoms with Gasteiger partial charge in [-0.05, 0) is 25.5 Å². The lowest BCUT2D eigenvalue weighted by molar-refractivity contribution is -0.384. The van der Waals surface area contributed by atoms with Crippen molar-refractivity contribution in [1.29, 1.82) is 0 Å². The second-order valence-electron chi connectivity index (χ2n) is 4.41. The van der Waals surface area contributed by atoms with Crippen LogP contribution in [0, 0.1) is 10.1 Å². The first kappa shape index (κ1) is 13.8. The third kappa shape index (κ3) is 3.42. The van der Waals surface area contributed by atoms with Gasteiger partial charge in [-0.3, -0.25) is 14.9 Å². The monoisotopic (exact) mass is 283 g/mol. The fraction of sp³-hybridized carbons (Fsp3) is 0.417. The molecule has 1 aromatic carbocycles. The molecule has 2 rings (SSSR count). The van der Waals surface area contributed by atoms with Crippen molar-refractivity contribution in [3.05, 3.63) is 33.3 Å². The van der Waals surface area contributed by atoms with Crippen LogP contribution in [0.1, 0.15) is 19.3 Å². The summed E-state index contributed by atoms with van der Waals surface area (Å²) in [7, 11) is 0. The van der Waals surface area contributed by atoms with E-state index in [2.05, 4.69) is 10.6 Å². The van der Waals surface area contributed by atoms with Crippen molar-refractivity contribution >= 4 is 28.9 Å². The molecule has 2 N–H and O–H groups in total. The molecule has 0 spiro atoms. The van der Waals surface area contributed by atoms with Crippen LogP contribution in [0.25, 0.3) is 0 Å². The number of hydrogen-bond donors (Lipinski definition) is 2. The Morgan fingerprint density at radius 3 is 2.89 bits per heavy atom. The molecule has 0 radical (unpaired) electrons. The lowest BCUT2D eigenvalue weighted by Crippen LogP contribution is -2.43. The number of nitrogens with zero attached hydrogens (tertiary/aromatic N) is 1. The molecular formula is C12H14ClN3O3. The van der Waals surface area contributed by atoms with Crippen LogP contribution in [0.4, 0.5) is 11.4 Å². The number of carbonyl (C=O) groups is 1. The largest absolute Gasteiger partial charge is 0.323 e. The van der Waals surface area contributed by atoms with E-state index in [0.717, 1.165) is 25.8 Å². The number of carbonyl (C=O) groups excluding carboxylic acids is 1. The number of non-ortho nitro benzene ring substituents is 1. The van der Waals surface area contributed by atoms with Crippen molar-refractivity contribution in [2.24, 2.45) is 0 Å². The first-order valence-electron chi connectivity index (χ1n) is 6.06. The van der Waals surface area contributed by atoms with Crippen LogP contribution in [-0.4, -0.2) is 23.4 Å². The van der Waals surface area contributed by atoms with Gasteiger partial charge in [0.15, 0.2) is 0 Å². The number of hydrogen-bond acceptors (Lipinski definition) is 4. The van der Waals surface area contributed by atoms with E-state index >= 15 is 0 Å². The molecule has 0 bridgehead atoms. The summed E-state index contributed by atoms with van der Waals surface area (Å²) in [4.78, 5) is 22.2. The Morgan fingerprint density at radius 2 is 2.26 bits per heavy atom. The normalized spacial score (nSPS) is 18.9. The second kappa shape index (κ2) is 5.99. The van der Waals surface area contributed by atoms with E-state index in [1.807, 2.05) is 0 Å².